The van der Waals surface area contributed by atoms with Crippen LogP contribution in [0.2, 0.25) is 5.02 Å². The second-order valence-corrected chi connectivity index (χ2v) is 9.13. The van der Waals surface area contributed by atoms with Crippen LogP contribution in [-0.2, 0) is 14.3 Å². The SMILES string of the molecule is COC[C@@H]1CC[C@H](C(=O)Nc2cc(-c3cccc(NCC4CCOCC4)n3)c(Cl)cn2)CN1. The van der Waals surface area contributed by atoms with Gasteiger partial charge >= 0.3 is 0 Å². The fourth-order valence-corrected chi connectivity index (χ4v) is 4.50. The summed E-state index contributed by atoms with van der Waals surface area (Å²) in [6.45, 7) is 3.80. The molecular weight excluding hydrogens is 442 g/mol. The molecule has 0 aliphatic carbocycles. The molecule has 9 heteroatoms. The number of rotatable bonds is 8. The lowest BCUT2D eigenvalue weighted by molar-refractivity contribution is -0.120. The Morgan fingerprint density at radius 3 is 2.85 bits per heavy atom. The Kier molecular flexibility index (Phi) is 8.50. The molecule has 2 aromatic heterocycles. The van der Waals surface area contributed by atoms with Crippen molar-refractivity contribution in [3.63, 3.8) is 0 Å². The fraction of sp³-hybridized carbons (Fsp3) is 0.542. The number of ether oxygens (including phenoxy) is 2. The Bertz CT molecular complexity index is 930. The standard InChI is InChI=1S/C24H32ClN5O3/c1-32-15-18-6-5-17(13-26-18)24(31)30-23-11-19(20(25)14-28-23)21-3-2-4-22(29-21)27-12-16-7-9-33-10-8-16/h2-4,11,14,16-18,26H,5-10,12-13,15H2,1H3,(H,27,29)(H,28,30,31)/t17-,18-/m0/s1. The molecule has 0 spiro atoms. The van der Waals surface area contributed by atoms with Crippen molar-refractivity contribution in [1.29, 1.82) is 0 Å². The molecule has 33 heavy (non-hydrogen) atoms. The number of carbonyl (C=O) groups excluding carboxylic acids is 1. The zero-order valence-corrected chi connectivity index (χ0v) is 19.7. The van der Waals surface area contributed by atoms with Crippen LogP contribution >= 0.6 is 11.6 Å². The van der Waals surface area contributed by atoms with Crippen molar-refractivity contribution in [1.82, 2.24) is 15.3 Å². The third-order valence-electron chi connectivity index (χ3n) is 6.30. The van der Waals surface area contributed by atoms with Gasteiger partial charge in [0.2, 0.25) is 5.91 Å². The number of nitrogens with one attached hydrogen (secondary N) is 3. The van der Waals surface area contributed by atoms with Crippen molar-refractivity contribution in [2.75, 3.05) is 50.7 Å². The van der Waals surface area contributed by atoms with Crippen LogP contribution in [0.15, 0.2) is 30.5 Å². The van der Waals surface area contributed by atoms with E-state index in [0.717, 1.165) is 62.5 Å². The van der Waals surface area contributed by atoms with E-state index >= 15 is 0 Å². The number of aromatic nitrogens is 2. The van der Waals surface area contributed by atoms with Crippen molar-refractivity contribution in [2.24, 2.45) is 11.8 Å². The van der Waals surface area contributed by atoms with Crippen molar-refractivity contribution in [3.8, 4) is 11.3 Å². The molecule has 0 unspecified atom stereocenters. The number of methoxy groups -OCH3 is 1. The van der Waals surface area contributed by atoms with Gasteiger partial charge in [0.25, 0.3) is 0 Å². The minimum atomic E-state index is -0.102. The normalized spacial score (nSPS) is 21.5. The Hall–Kier alpha value is -2.26. The second kappa shape index (κ2) is 11.7. The number of carbonyl (C=O) groups is 1. The summed E-state index contributed by atoms with van der Waals surface area (Å²) in [5.74, 6) is 1.72. The van der Waals surface area contributed by atoms with Gasteiger partial charge in [0, 0.05) is 51.2 Å². The van der Waals surface area contributed by atoms with E-state index in [0.29, 0.717) is 36.0 Å². The van der Waals surface area contributed by atoms with Crippen molar-refractivity contribution in [2.45, 2.75) is 31.7 Å². The highest BCUT2D eigenvalue weighted by Gasteiger charge is 2.26. The third kappa shape index (κ3) is 6.63. The predicted molar refractivity (Wildman–Crippen MR) is 130 cm³/mol. The van der Waals surface area contributed by atoms with Crippen LogP contribution in [0.1, 0.15) is 25.7 Å². The van der Waals surface area contributed by atoms with E-state index in [1.54, 1.807) is 19.4 Å². The number of amides is 1. The van der Waals surface area contributed by atoms with E-state index in [4.69, 9.17) is 26.1 Å². The molecule has 2 fully saturated rings. The first-order chi connectivity index (χ1) is 16.1. The van der Waals surface area contributed by atoms with Crippen LogP contribution < -0.4 is 16.0 Å². The van der Waals surface area contributed by atoms with Gasteiger partial charge in [-0.1, -0.05) is 17.7 Å². The average molecular weight is 474 g/mol. The van der Waals surface area contributed by atoms with Gasteiger partial charge in [0.15, 0.2) is 0 Å². The molecule has 4 rings (SSSR count). The molecule has 0 aromatic carbocycles. The van der Waals surface area contributed by atoms with Crippen LogP contribution in [0.25, 0.3) is 11.3 Å². The first-order valence-corrected chi connectivity index (χ1v) is 12.0. The smallest absolute Gasteiger partial charge is 0.229 e. The number of hydrogen-bond acceptors (Lipinski definition) is 7. The highest BCUT2D eigenvalue weighted by Crippen LogP contribution is 2.29. The fourth-order valence-electron chi connectivity index (χ4n) is 4.30. The third-order valence-corrected chi connectivity index (χ3v) is 6.60. The van der Waals surface area contributed by atoms with Gasteiger partial charge in [0.1, 0.15) is 11.6 Å². The molecule has 2 aliphatic rings. The average Bonchev–Trinajstić information content (AvgIpc) is 2.85. The van der Waals surface area contributed by atoms with E-state index in [1.165, 1.54) is 0 Å². The molecule has 0 radical (unpaired) electrons. The molecule has 1 amide bonds. The number of hydrogen-bond donors (Lipinski definition) is 3. The Morgan fingerprint density at radius 2 is 2.09 bits per heavy atom. The molecule has 4 heterocycles. The Balaban J connectivity index is 1.39. The topological polar surface area (TPSA) is 97.4 Å². The highest BCUT2D eigenvalue weighted by atomic mass is 35.5. The predicted octanol–water partition coefficient (Wildman–Crippen LogP) is 3.59. The lowest BCUT2D eigenvalue weighted by Gasteiger charge is -2.28. The van der Waals surface area contributed by atoms with Crippen molar-refractivity contribution >= 4 is 29.1 Å². The van der Waals surface area contributed by atoms with Crippen LogP contribution in [0.5, 0.6) is 0 Å². The maximum absolute atomic E-state index is 12.8. The van der Waals surface area contributed by atoms with E-state index in [1.807, 2.05) is 18.2 Å². The summed E-state index contributed by atoms with van der Waals surface area (Å²) in [7, 11) is 1.69. The minimum Gasteiger partial charge on any atom is -0.383 e. The van der Waals surface area contributed by atoms with Crippen LogP contribution in [0.4, 0.5) is 11.6 Å². The van der Waals surface area contributed by atoms with Crippen molar-refractivity contribution in [3.05, 3.63) is 35.5 Å². The maximum Gasteiger partial charge on any atom is 0.229 e. The molecule has 2 aliphatic heterocycles. The Labute approximate surface area is 199 Å². The van der Waals surface area contributed by atoms with E-state index in [-0.39, 0.29) is 11.8 Å². The molecule has 0 saturated carbocycles. The summed E-state index contributed by atoms with van der Waals surface area (Å²) in [6.07, 6.45) is 5.41. The molecule has 3 N–H and O–H groups in total. The molecule has 2 aromatic rings. The summed E-state index contributed by atoms with van der Waals surface area (Å²) < 4.78 is 10.6. The first kappa shape index (κ1) is 23.9. The molecule has 8 nitrogen and oxygen atoms in total. The lowest BCUT2D eigenvalue weighted by atomic mass is 9.94. The molecule has 2 saturated heterocycles. The summed E-state index contributed by atoms with van der Waals surface area (Å²) in [5.41, 5.74) is 1.47. The van der Waals surface area contributed by atoms with Gasteiger partial charge in [-0.2, -0.15) is 0 Å². The maximum atomic E-state index is 12.8. The molecule has 0 bridgehead atoms. The minimum absolute atomic E-state index is 0.0426. The monoisotopic (exact) mass is 473 g/mol. The first-order valence-electron chi connectivity index (χ1n) is 11.6. The zero-order chi connectivity index (χ0) is 23.0. The van der Waals surface area contributed by atoms with Crippen LogP contribution in [0, 0.1) is 11.8 Å². The zero-order valence-electron chi connectivity index (χ0n) is 19.0. The number of piperidine rings is 1. The van der Waals surface area contributed by atoms with Gasteiger partial charge in [-0.15, -0.1) is 0 Å². The van der Waals surface area contributed by atoms with Gasteiger partial charge in [-0.25, -0.2) is 9.97 Å². The Morgan fingerprint density at radius 1 is 1.24 bits per heavy atom. The number of anilines is 2. The van der Waals surface area contributed by atoms with Crippen molar-refractivity contribution < 1.29 is 14.3 Å². The van der Waals surface area contributed by atoms with Gasteiger partial charge in [-0.3, -0.25) is 4.79 Å². The largest absolute Gasteiger partial charge is 0.383 e. The van der Waals surface area contributed by atoms with Gasteiger partial charge < -0.3 is 25.4 Å². The number of pyridine rings is 2. The van der Waals surface area contributed by atoms with E-state index in [2.05, 4.69) is 20.9 Å². The van der Waals surface area contributed by atoms with E-state index in [9.17, 15) is 4.79 Å². The highest BCUT2D eigenvalue weighted by molar-refractivity contribution is 6.33. The van der Waals surface area contributed by atoms with Gasteiger partial charge in [0.05, 0.1) is 23.2 Å². The van der Waals surface area contributed by atoms with Gasteiger partial charge in [-0.05, 0) is 49.8 Å². The molecular formula is C24H32ClN5O3. The number of nitrogens with zero attached hydrogens (tertiary/aromatic N) is 2. The second-order valence-electron chi connectivity index (χ2n) is 8.72. The van der Waals surface area contributed by atoms with Crippen LogP contribution in [0.3, 0.4) is 0 Å². The molecule has 2 atom stereocenters. The van der Waals surface area contributed by atoms with Crippen LogP contribution in [-0.4, -0.2) is 61.9 Å². The number of halogens is 1. The summed E-state index contributed by atoms with van der Waals surface area (Å²) in [5, 5.41) is 10.2. The summed E-state index contributed by atoms with van der Waals surface area (Å²) in [4.78, 5) is 21.8. The lowest BCUT2D eigenvalue weighted by Crippen LogP contribution is -2.45. The summed E-state index contributed by atoms with van der Waals surface area (Å²) in [6, 6.07) is 7.90. The molecule has 178 valence electrons. The quantitative estimate of drug-likeness (QED) is 0.539. The van der Waals surface area contributed by atoms with E-state index < -0.39 is 0 Å². The summed E-state index contributed by atoms with van der Waals surface area (Å²) >= 11 is 6.44.